The highest BCUT2D eigenvalue weighted by atomic mass is 32.2. The van der Waals surface area contributed by atoms with Crippen LogP contribution in [0.2, 0.25) is 0 Å². The van der Waals surface area contributed by atoms with Gasteiger partial charge in [0.05, 0.1) is 10.8 Å². The van der Waals surface area contributed by atoms with Crippen LogP contribution in [-0.2, 0) is 14.8 Å². The third-order valence-corrected chi connectivity index (χ3v) is 7.44. The molecule has 2 aliphatic carbocycles. The highest BCUT2D eigenvalue weighted by molar-refractivity contribution is 7.89. The van der Waals surface area contributed by atoms with Gasteiger partial charge in [0, 0.05) is 24.0 Å². The minimum atomic E-state index is -3.60. The molecule has 2 saturated carbocycles. The van der Waals surface area contributed by atoms with Crippen molar-refractivity contribution >= 4 is 32.8 Å². The molecule has 5 rings (SSSR count). The minimum Gasteiger partial charge on any atom is -0.451 e. The Morgan fingerprint density at radius 2 is 1.90 bits per heavy atom. The minimum absolute atomic E-state index is 0.0135. The summed E-state index contributed by atoms with van der Waals surface area (Å²) in [4.78, 5) is 27.7. The van der Waals surface area contributed by atoms with E-state index in [2.05, 4.69) is 10.0 Å². The highest BCUT2D eigenvalue weighted by Crippen LogP contribution is 2.32. The number of nitrogens with zero attached hydrogens (tertiary/aromatic N) is 1. The number of hydrogen-bond donors (Lipinski definition) is 2. The number of piperidine rings is 1. The van der Waals surface area contributed by atoms with Crippen LogP contribution in [0.5, 0.6) is 0 Å². The molecule has 160 valence electrons. The van der Waals surface area contributed by atoms with Crippen LogP contribution in [0.3, 0.4) is 0 Å². The first-order valence-electron chi connectivity index (χ1n) is 10.6. The van der Waals surface area contributed by atoms with E-state index in [-0.39, 0.29) is 34.6 Å². The molecule has 0 spiro atoms. The number of amides is 2. The summed E-state index contributed by atoms with van der Waals surface area (Å²) in [5.74, 6) is -0.714. The van der Waals surface area contributed by atoms with Crippen molar-refractivity contribution < 1.29 is 22.4 Å². The summed E-state index contributed by atoms with van der Waals surface area (Å²) >= 11 is 0. The summed E-state index contributed by atoms with van der Waals surface area (Å²) in [5.41, 5.74) is 0.422. The molecule has 0 radical (unpaired) electrons. The van der Waals surface area contributed by atoms with Crippen molar-refractivity contribution in [1.29, 1.82) is 0 Å². The predicted octanol–water partition coefficient (Wildman–Crippen LogP) is 2.00. The Balaban J connectivity index is 1.41. The van der Waals surface area contributed by atoms with Crippen LogP contribution in [0, 0.1) is 5.92 Å². The molecule has 9 heteroatoms. The lowest BCUT2D eigenvalue weighted by molar-refractivity contribution is -0.133. The molecule has 1 aliphatic heterocycles. The number of carbonyl (C=O) groups excluding carboxylic acids is 2. The summed E-state index contributed by atoms with van der Waals surface area (Å²) in [5, 5.41) is 3.75. The lowest BCUT2D eigenvalue weighted by atomic mass is 9.98. The lowest BCUT2D eigenvalue weighted by Crippen LogP contribution is -2.46. The van der Waals surface area contributed by atoms with Gasteiger partial charge in [0.1, 0.15) is 5.58 Å². The lowest BCUT2D eigenvalue weighted by Gasteiger charge is -2.28. The first kappa shape index (κ1) is 19.7. The standard InChI is InChI=1S/C21H25N3O5S/c25-20(13-2-1-9-22-12-13)24(16-5-6-16)21(26)19-11-14-10-17(7-8-18(14)29-19)30(27,28)23-15-3-4-15/h7-8,10-11,13,15-16,22-23H,1-6,9,12H2. The molecule has 0 bridgehead atoms. The van der Waals surface area contributed by atoms with Crippen molar-refractivity contribution in [3.8, 4) is 0 Å². The number of rotatable bonds is 6. The summed E-state index contributed by atoms with van der Waals surface area (Å²) in [6.45, 7) is 1.48. The van der Waals surface area contributed by atoms with E-state index >= 15 is 0 Å². The number of sulfonamides is 1. The summed E-state index contributed by atoms with van der Waals surface area (Å²) in [6.07, 6.45) is 5.03. The number of hydrogen-bond acceptors (Lipinski definition) is 6. The van der Waals surface area contributed by atoms with E-state index in [4.69, 9.17) is 4.42 Å². The van der Waals surface area contributed by atoms with E-state index in [1.54, 1.807) is 6.07 Å². The Kier molecular flexibility index (Phi) is 4.91. The van der Waals surface area contributed by atoms with E-state index in [9.17, 15) is 18.0 Å². The molecule has 1 saturated heterocycles. The number of carbonyl (C=O) groups is 2. The maximum absolute atomic E-state index is 13.2. The van der Waals surface area contributed by atoms with Crippen LogP contribution in [0.15, 0.2) is 33.6 Å². The zero-order valence-corrected chi connectivity index (χ0v) is 17.4. The number of fused-ring (bicyclic) bond motifs is 1. The van der Waals surface area contributed by atoms with Crippen molar-refractivity contribution in [3.05, 3.63) is 30.0 Å². The van der Waals surface area contributed by atoms with Gasteiger partial charge in [-0.05, 0) is 69.3 Å². The maximum atomic E-state index is 13.2. The molecular weight excluding hydrogens is 406 g/mol. The van der Waals surface area contributed by atoms with Crippen molar-refractivity contribution in [2.75, 3.05) is 13.1 Å². The molecule has 2 heterocycles. The van der Waals surface area contributed by atoms with E-state index in [1.807, 2.05) is 0 Å². The third-order valence-electron chi connectivity index (χ3n) is 5.92. The van der Waals surface area contributed by atoms with Gasteiger partial charge in [0.25, 0.3) is 5.91 Å². The van der Waals surface area contributed by atoms with Crippen molar-refractivity contribution in [2.45, 2.75) is 55.5 Å². The Morgan fingerprint density at radius 3 is 2.57 bits per heavy atom. The van der Waals surface area contributed by atoms with Crippen LogP contribution < -0.4 is 10.0 Å². The topological polar surface area (TPSA) is 109 Å². The van der Waals surface area contributed by atoms with E-state index in [0.717, 1.165) is 45.1 Å². The van der Waals surface area contributed by atoms with Gasteiger partial charge in [-0.2, -0.15) is 0 Å². The van der Waals surface area contributed by atoms with Gasteiger partial charge in [-0.15, -0.1) is 0 Å². The summed E-state index contributed by atoms with van der Waals surface area (Å²) in [6, 6.07) is 6.02. The van der Waals surface area contributed by atoms with Crippen molar-refractivity contribution in [1.82, 2.24) is 14.9 Å². The number of nitrogens with one attached hydrogen (secondary N) is 2. The van der Waals surface area contributed by atoms with Crippen LogP contribution in [0.25, 0.3) is 11.0 Å². The fourth-order valence-corrected chi connectivity index (χ4v) is 5.28. The zero-order chi connectivity index (χ0) is 20.9. The molecule has 1 atom stereocenters. The fourth-order valence-electron chi connectivity index (χ4n) is 3.94. The Morgan fingerprint density at radius 1 is 1.10 bits per heavy atom. The molecule has 1 aromatic heterocycles. The summed E-state index contributed by atoms with van der Waals surface area (Å²) < 4.78 is 33.3. The smallest absolute Gasteiger partial charge is 0.296 e. The summed E-state index contributed by atoms with van der Waals surface area (Å²) in [7, 11) is -3.60. The quantitative estimate of drug-likeness (QED) is 0.678. The van der Waals surface area contributed by atoms with E-state index in [1.165, 1.54) is 23.1 Å². The molecule has 2 amide bonds. The first-order valence-corrected chi connectivity index (χ1v) is 12.0. The zero-order valence-electron chi connectivity index (χ0n) is 16.6. The van der Waals surface area contributed by atoms with Gasteiger partial charge in [-0.1, -0.05) is 0 Å². The van der Waals surface area contributed by atoms with Crippen LogP contribution in [-0.4, -0.2) is 50.3 Å². The van der Waals surface area contributed by atoms with Crippen LogP contribution >= 0.6 is 0 Å². The molecule has 30 heavy (non-hydrogen) atoms. The van der Waals surface area contributed by atoms with Gasteiger partial charge < -0.3 is 9.73 Å². The highest BCUT2D eigenvalue weighted by Gasteiger charge is 2.41. The maximum Gasteiger partial charge on any atom is 0.296 e. The number of imide groups is 1. The molecule has 3 fully saturated rings. The normalized spacial score (nSPS) is 22.2. The average Bonchev–Trinajstić information content (AvgIpc) is 3.67. The molecule has 2 aromatic rings. The monoisotopic (exact) mass is 431 g/mol. The van der Waals surface area contributed by atoms with Gasteiger partial charge in [-0.3, -0.25) is 14.5 Å². The van der Waals surface area contributed by atoms with Crippen molar-refractivity contribution in [2.24, 2.45) is 5.92 Å². The molecule has 3 aliphatic rings. The SMILES string of the molecule is O=C(c1cc2cc(S(=O)(=O)NC3CC3)ccc2o1)N(C(=O)C1CCCNC1)C1CC1. The Hall–Kier alpha value is -2.23. The third kappa shape index (κ3) is 3.89. The second-order valence-corrected chi connectivity index (χ2v) is 10.2. The molecule has 8 nitrogen and oxygen atoms in total. The molecule has 2 N–H and O–H groups in total. The Labute approximate surface area is 175 Å². The molecule has 1 unspecified atom stereocenters. The first-order chi connectivity index (χ1) is 14.4. The van der Waals surface area contributed by atoms with Gasteiger partial charge in [0.2, 0.25) is 15.9 Å². The largest absolute Gasteiger partial charge is 0.451 e. The van der Waals surface area contributed by atoms with Gasteiger partial charge >= 0.3 is 0 Å². The Bertz CT molecular complexity index is 1100. The number of furan rings is 1. The van der Waals surface area contributed by atoms with Crippen LogP contribution in [0.4, 0.5) is 0 Å². The fraction of sp³-hybridized carbons (Fsp3) is 0.524. The molecular formula is C21H25N3O5S. The average molecular weight is 432 g/mol. The number of benzene rings is 1. The van der Waals surface area contributed by atoms with E-state index < -0.39 is 15.9 Å². The van der Waals surface area contributed by atoms with E-state index in [0.29, 0.717) is 17.5 Å². The van der Waals surface area contributed by atoms with Gasteiger partial charge in [-0.25, -0.2) is 13.1 Å². The second kappa shape index (κ2) is 7.47. The molecule has 1 aromatic carbocycles. The van der Waals surface area contributed by atoms with Crippen molar-refractivity contribution in [3.63, 3.8) is 0 Å². The predicted molar refractivity (Wildman–Crippen MR) is 109 cm³/mol. The van der Waals surface area contributed by atoms with Gasteiger partial charge in [0.15, 0.2) is 5.76 Å². The second-order valence-electron chi connectivity index (χ2n) is 8.49. The van der Waals surface area contributed by atoms with Crippen LogP contribution in [0.1, 0.15) is 49.1 Å².